The molecule has 0 aliphatic heterocycles. The molecule has 0 saturated carbocycles. The topological polar surface area (TPSA) is 104 Å². The molecule has 44 heavy (non-hydrogen) atoms. The molecule has 0 radical (unpaired) electrons. The maximum Gasteiger partial charge on any atom is 0.267 e. The zero-order valence-corrected chi connectivity index (χ0v) is 29.9. The van der Waals surface area contributed by atoms with Gasteiger partial charge in [0.25, 0.3) is 10.1 Å². The molecule has 3 N–H and O–H groups in total. The summed E-state index contributed by atoms with van der Waals surface area (Å²) in [5.41, 5.74) is 0. The fraction of sp³-hybridized carbons (Fsp3) is 0.919. The predicted molar refractivity (Wildman–Crippen MR) is 189 cm³/mol. The number of carbonyl (C=O) groups is 1. The summed E-state index contributed by atoms with van der Waals surface area (Å²) in [4.78, 5) is 12.5. The molecule has 0 spiro atoms. The van der Waals surface area contributed by atoms with Crippen molar-refractivity contribution in [3.63, 3.8) is 0 Å². The van der Waals surface area contributed by atoms with E-state index in [1.165, 1.54) is 141 Å². The zero-order chi connectivity index (χ0) is 32.6. The third-order valence-electron chi connectivity index (χ3n) is 8.71. The van der Waals surface area contributed by atoms with Crippen molar-refractivity contribution in [1.82, 2.24) is 5.32 Å². The summed E-state index contributed by atoms with van der Waals surface area (Å²) in [6.07, 6.45) is 37.6. The van der Waals surface area contributed by atoms with Crippen molar-refractivity contribution < 1.29 is 22.9 Å². The molecule has 0 aliphatic rings. The van der Waals surface area contributed by atoms with Crippen molar-refractivity contribution >= 4 is 16.0 Å². The van der Waals surface area contributed by atoms with E-state index in [0.29, 0.717) is 6.42 Å². The van der Waals surface area contributed by atoms with Gasteiger partial charge in [0.15, 0.2) is 0 Å². The van der Waals surface area contributed by atoms with Crippen LogP contribution in [0, 0.1) is 0 Å². The fourth-order valence-corrected chi connectivity index (χ4v) is 6.60. The van der Waals surface area contributed by atoms with Crippen molar-refractivity contribution in [1.29, 1.82) is 0 Å². The molecular formula is C37H73NO5S. The summed E-state index contributed by atoms with van der Waals surface area (Å²) >= 11 is 0. The smallest absolute Gasteiger partial charge is 0.267 e. The van der Waals surface area contributed by atoms with E-state index in [1.54, 1.807) is 6.08 Å². The van der Waals surface area contributed by atoms with Crippen molar-refractivity contribution in [2.75, 3.05) is 5.75 Å². The quantitative estimate of drug-likeness (QED) is 0.0368. The van der Waals surface area contributed by atoms with Crippen LogP contribution in [0.25, 0.3) is 0 Å². The highest BCUT2D eigenvalue weighted by Gasteiger charge is 2.24. The molecule has 0 aromatic carbocycles. The molecule has 7 heteroatoms. The number of unbranched alkanes of at least 4 members (excludes halogenated alkanes) is 26. The van der Waals surface area contributed by atoms with Gasteiger partial charge in [-0.3, -0.25) is 9.35 Å². The van der Waals surface area contributed by atoms with E-state index < -0.39 is 28.0 Å². The number of aliphatic hydroxyl groups excluding tert-OH is 1. The number of carbonyl (C=O) groups excluding carboxylic acids is 1. The maximum absolute atomic E-state index is 12.5. The normalized spacial score (nSPS) is 13.5. The molecule has 262 valence electrons. The minimum absolute atomic E-state index is 0.276. The van der Waals surface area contributed by atoms with Gasteiger partial charge in [-0.25, -0.2) is 0 Å². The van der Waals surface area contributed by atoms with Crippen LogP contribution in [-0.2, 0) is 14.9 Å². The van der Waals surface area contributed by atoms with Gasteiger partial charge >= 0.3 is 0 Å². The first-order chi connectivity index (χ1) is 21.3. The largest absolute Gasteiger partial charge is 0.387 e. The standard InChI is InChI=1S/C37H73NO5S/c1-3-5-7-9-11-13-15-17-19-20-22-24-26-28-30-32-36(39)35(34-44(41,42)43)38-37(40)33-31-29-27-25-23-21-18-16-14-12-10-8-6-4-2/h30,32,35-36,39H,3-29,31,33-34H2,1-2H3,(H,38,40)(H,41,42,43)/b32-30+. The minimum Gasteiger partial charge on any atom is -0.387 e. The van der Waals surface area contributed by atoms with Crippen LogP contribution in [0.15, 0.2) is 12.2 Å². The van der Waals surface area contributed by atoms with Crippen LogP contribution in [0.2, 0.25) is 0 Å². The lowest BCUT2D eigenvalue weighted by Gasteiger charge is -2.21. The number of aliphatic hydroxyl groups is 1. The first kappa shape index (κ1) is 43.1. The van der Waals surface area contributed by atoms with E-state index in [0.717, 1.165) is 38.5 Å². The van der Waals surface area contributed by atoms with Gasteiger partial charge in [0.2, 0.25) is 5.91 Å². The first-order valence-electron chi connectivity index (χ1n) is 18.9. The highest BCUT2D eigenvalue weighted by molar-refractivity contribution is 7.85. The lowest BCUT2D eigenvalue weighted by Crippen LogP contribution is -2.46. The van der Waals surface area contributed by atoms with E-state index in [9.17, 15) is 22.9 Å². The Morgan fingerprint density at radius 3 is 1.30 bits per heavy atom. The third kappa shape index (κ3) is 32.5. The Morgan fingerprint density at radius 1 is 0.591 bits per heavy atom. The number of amides is 1. The van der Waals surface area contributed by atoms with Gasteiger partial charge in [0, 0.05) is 6.42 Å². The third-order valence-corrected chi connectivity index (χ3v) is 9.49. The van der Waals surface area contributed by atoms with E-state index in [4.69, 9.17) is 0 Å². The summed E-state index contributed by atoms with van der Waals surface area (Å²) in [6, 6.07) is -1.05. The molecule has 0 rings (SSSR count). The molecule has 0 aromatic heterocycles. The lowest BCUT2D eigenvalue weighted by molar-refractivity contribution is -0.122. The highest BCUT2D eigenvalue weighted by Crippen LogP contribution is 2.15. The Kier molecular flexibility index (Phi) is 31.4. The molecule has 0 aliphatic carbocycles. The summed E-state index contributed by atoms with van der Waals surface area (Å²) in [6.45, 7) is 4.51. The van der Waals surface area contributed by atoms with Crippen molar-refractivity contribution in [2.45, 2.75) is 212 Å². The molecule has 0 fully saturated rings. The summed E-state index contributed by atoms with van der Waals surface area (Å²) in [5, 5.41) is 13.2. The molecular weight excluding hydrogens is 570 g/mol. The van der Waals surface area contributed by atoms with Gasteiger partial charge in [-0.1, -0.05) is 187 Å². The second kappa shape index (κ2) is 32.0. The monoisotopic (exact) mass is 644 g/mol. The predicted octanol–water partition coefficient (Wildman–Crippen LogP) is 10.6. The van der Waals surface area contributed by atoms with Crippen LogP contribution >= 0.6 is 0 Å². The lowest BCUT2D eigenvalue weighted by atomic mass is 10.0. The van der Waals surface area contributed by atoms with Gasteiger partial charge in [-0.05, 0) is 19.3 Å². The molecule has 0 heterocycles. The fourth-order valence-electron chi connectivity index (χ4n) is 5.86. The number of hydrogen-bond acceptors (Lipinski definition) is 4. The average molecular weight is 644 g/mol. The van der Waals surface area contributed by atoms with E-state index in [1.807, 2.05) is 6.08 Å². The zero-order valence-electron chi connectivity index (χ0n) is 29.1. The summed E-state index contributed by atoms with van der Waals surface area (Å²) in [7, 11) is -4.33. The van der Waals surface area contributed by atoms with Crippen molar-refractivity contribution in [3.8, 4) is 0 Å². The van der Waals surface area contributed by atoms with Crippen LogP contribution in [0.3, 0.4) is 0 Å². The SMILES string of the molecule is CCCCCCCCCCCCCCC/C=C/C(O)C(CS(=O)(=O)O)NC(=O)CCCCCCCCCCCCCCCC. The first-order valence-corrected chi connectivity index (χ1v) is 20.5. The maximum atomic E-state index is 12.5. The number of nitrogens with one attached hydrogen (secondary N) is 1. The van der Waals surface area contributed by atoms with Gasteiger partial charge in [0.05, 0.1) is 17.9 Å². The van der Waals surface area contributed by atoms with Crippen LogP contribution in [0.1, 0.15) is 200 Å². The van der Waals surface area contributed by atoms with E-state index in [2.05, 4.69) is 19.2 Å². The highest BCUT2D eigenvalue weighted by atomic mass is 32.2. The molecule has 0 saturated heterocycles. The Morgan fingerprint density at radius 2 is 0.932 bits per heavy atom. The van der Waals surface area contributed by atoms with E-state index >= 15 is 0 Å². The van der Waals surface area contributed by atoms with Gasteiger partial charge in [-0.2, -0.15) is 8.42 Å². The second-order valence-corrected chi connectivity index (χ2v) is 14.7. The summed E-state index contributed by atoms with van der Waals surface area (Å²) < 4.78 is 32.4. The van der Waals surface area contributed by atoms with Crippen LogP contribution < -0.4 is 5.32 Å². The Labute approximate surface area is 273 Å². The summed E-state index contributed by atoms with van der Waals surface area (Å²) in [5.74, 6) is -0.969. The Hall–Kier alpha value is -0.920. The van der Waals surface area contributed by atoms with Gasteiger partial charge in [-0.15, -0.1) is 0 Å². The van der Waals surface area contributed by atoms with Crippen molar-refractivity contribution in [3.05, 3.63) is 12.2 Å². The van der Waals surface area contributed by atoms with Crippen LogP contribution in [0.4, 0.5) is 0 Å². The number of allylic oxidation sites excluding steroid dienone is 1. The number of rotatable bonds is 34. The van der Waals surface area contributed by atoms with Crippen LogP contribution in [-0.4, -0.2) is 41.9 Å². The van der Waals surface area contributed by atoms with E-state index in [-0.39, 0.29) is 5.91 Å². The minimum atomic E-state index is -4.33. The van der Waals surface area contributed by atoms with Crippen molar-refractivity contribution in [2.24, 2.45) is 0 Å². The average Bonchev–Trinajstić information content (AvgIpc) is 2.98. The van der Waals surface area contributed by atoms with Gasteiger partial charge < -0.3 is 10.4 Å². The second-order valence-electron chi connectivity index (χ2n) is 13.2. The Balaban J connectivity index is 3.95. The molecule has 6 nitrogen and oxygen atoms in total. The molecule has 1 amide bonds. The number of hydrogen-bond donors (Lipinski definition) is 3. The Bertz CT molecular complexity index is 755. The van der Waals surface area contributed by atoms with Crippen LogP contribution in [0.5, 0.6) is 0 Å². The van der Waals surface area contributed by atoms with Gasteiger partial charge in [0.1, 0.15) is 0 Å². The molecule has 0 aromatic rings. The molecule has 2 atom stereocenters. The molecule has 0 bridgehead atoms. The molecule has 2 unspecified atom stereocenters.